The highest BCUT2D eigenvalue weighted by Gasteiger charge is 2.25. The van der Waals surface area contributed by atoms with Gasteiger partial charge in [0, 0.05) is 22.6 Å². The number of hydrogen-bond acceptors (Lipinski definition) is 3. The van der Waals surface area contributed by atoms with Crippen LogP contribution in [0.5, 0.6) is 0 Å². The normalized spacial score (nSPS) is 11.9. The van der Waals surface area contributed by atoms with Crippen molar-refractivity contribution in [3.63, 3.8) is 0 Å². The first kappa shape index (κ1) is 28.0. The summed E-state index contributed by atoms with van der Waals surface area (Å²) in [5.74, 6) is 1.54. The fraction of sp³-hybridized carbons (Fsp3) is 0.143. The lowest BCUT2D eigenvalue weighted by molar-refractivity contribution is 0.669. The predicted molar refractivity (Wildman–Crippen MR) is 191 cm³/mol. The van der Waals surface area contributed by atoms with Gasteiger partial charge in [-0.2, -0.15) is 0 Å². The summed E-state index contributed by atoms with van der Waals surface area (Å²) >= 11 is 0. The van der Waals surface area contributed by atoms with Crippen LogP contribution in [0.25, 0.3) is 72.6 Å². The molecule has 0 amide bonds. The highest BCUT2D eigenvalue weighted by molar-refractivity contribution is 6.15. The van der Waals surface area contributed by atoms with Crippen LogP contribution in [0.3, 0.4) is 0 Å². The maximum absolute atomic E-state index is 6.91. The second-order valence-corrected chi connectivity index (χ2v) is 12.6. The van der Waals surface area contributed by atoms with Gasteiger partial charge in [0.05, 0.1) is 39.1 Å². The second-order valence-electron chi connectivity index (χ2n) is 12.6. The zero-order chi connectivity index (χ0) is 31.4. The largest absolute Gasteiger partial charge is 0.455 e. The molecule has 0 bridgehead atoms. The molecule has 0 N–H and O–H groups in total. The number of fused-ring (bicyclic) bond motifs is 4. The number of imidazole rings is 1. The minimum Gasteiger partial charge on any atom is -0.455 e. The number of aromatic nitrogens is 3. The SMILES string of the molecule is CC(C)c1cccc(C(C)C)c1-n1c(-c2cccc3c2oc2cc(-c4ccccc4)nc(-c4ccccc4)c23)nc2ccccc21. The number of para-hydroxylation sites is 4. The second kappa shape index (κ2) is 11.1. The summed E-state index contributed by atoms with van der Waals surface area (Å²) in [5.41, 5.74) is 12.3. The molecule has 5 aromatic carbocycles. The van der Waals surface area contributed by atoms with E-state index in [1.54, 1.807) is 0 Å². The lowest BCUT2D eigenvalue weighted by Crippen LogP contribution is -2.08. The molecule has 4 heteroatoms. The van der Waals surface area contributed by atoms with Crippen LogP contribution >= 0.6 is 0 Å². The first-order valence-electron chi connectivity index (χ1n) is 16.1. The van der Waals surface area contributed by atoms with Crippen molar-refractivity contribution in [1.29, 1.82) is 0 Å². The Labute approximate surface area is 269 Å². The zero-order valence-electron chi connectivity index (χ0n) is 26.5. The van der Waals surface area contributed by atoms with Gasteiger partial charge in [0.25, 0.3) is 0 Å². The number of hydrogen-bond donors (Lipinski definition) is 0. The molecule has 8 aromatic rings. The van der Waals surface area contributed by atoms with Gasteiger partial charge in [-0.1, -0.05) is 131 Å². The van der Waals surface area contributed by atoms with E-state index in [1.807, 2.05) is 24.3 Å². The van der Waals surface area contributed by atoms with Crippen molar-refractivity contribution in [3.8, 4) is 39.6 Å². The number of benzene rings is 5. The number of pyridine rings is 1. The summed E-state index contributed by atoms with van der Waals surface area (Å²) in [6, 6.07) is 44.4. The van der Waals surface area contributed by atoms with Crippen LogP contribution < -0.4 is 0 Å². The molecule has 0 aliphatic rings. The molecule has 0 aliphatic heterocycles. The van der Waals surface area contributed by atoms with E-state index in [2.05, 4.69) is 135 Å². The van der Waals surface area contributed by atoms with E-state index in [0.717, 1.165) is 66.9 Å². The molecule has 0 spiro atoms. The smallest absolute Gasteiger partial charge is 0.149 e. The van der Waals surface area contributed by atoms with Gasteiger partial charge in [0.15, 0.2) is 0 Å². The Kier molecular flexibility index (Phi) is 6.79. The molecule has 0 saturated carbocycles. The highest BCUT2D eigenvalue weighted by atomic mass is 16.3. The third-order valence-electron chi connectivity index (χ3n) is 8.96. The Morgan fingerprint density at radius 3 is 1.93 bits per heavy atom. The Bertz CT molecular complexity index is 2340. The lowest BCUT2D eigenvalue weighted by Gasteiger charge is -2.22. The maximum atomic E-state index is 6.91. The minimum atomic E-state index is 0.334. The Morgan fingerprint density at radius 1 is 0.609 bits per heavy atom. The van der Waals surface area contributed by atoms with E-state index in [-0.39, 0.29) is 0 Å². The molecule has 3 aromatic heterocycles. The standard InChI is InChI=1S/C42H35N3O/c1-26(2)30-19-13-20-31(27(3)4)40(30)45-36-24-12-11-23-34(36)44-42(45)33-22-14-21-32-38-37(46-41(32)33)25-35(28-15-7-5-8-16-28)43-39(38)29-17-9-6-10-18-29/h5-27H,1-4H3. The van der Waals surface area contributed by atoms with Crippen molar-refractivity contribution in [1.82, 2.24) is 14.5 Å². The highest BCUT2D eigenvalue weighted by Crippen LogP contribution is 2.43. The third kappa shape index (κ3) is 4.52. The molecule has 3 heterocycles. The van der Waals surface area contributed by atoms with E-state index >= 15 is 0 Å². The quantitative estimate of drug-likeness (QED) is 0.191. The fourth-order valence-corrected chi connectivity index (χ4v) is 6.76. The van der Waals surface area contributed by atoms with Gasteiger partial charge < -0.3 is 4.42 Å². The Hall–Kier alpha value is -5.48. The fourth-order valence-electron chi connectivity index (χ4n) is 6.76. The molecule has 0 unspecified atom stereocenters. The van der Waals surface area contributed by atoms with Crippen LogP contribution in [-0.2, 0) is 0 Å². The van der Waals surface area contributed by atoms with Crippen LogP contribution in [0.1, 0.15) is 50.7 Å². The van der Waals surface area contributed by atoms with E-state index in [9.17, 15) is 0 Å². The third-order valence-corrected chi connectivity index (χ3v) is 8.96. The van der Waals surface area contributed by atoms with Gasteiger partial charge in [-0.3, -0.25) is 4.57 Å². The van der Waals surface area contributed by atoms with Crippen LogP contribution in [0.2, 0.25) is 0 Å². The first-order chi connectivity index (χ1) is 22.5. The van der Waals surface area contributed by atoms with Crippen molar-refractivity contribution >= 4 is 33.0 Å². The van der Waals surface area contributed by atoms with Gasteiger partial charge in [0.1, 0.15) is 17.0 Å². The molecular weight excluding hydrogens is 562 g/mol. The van der Waals surface area contributed by atoms with Gasteiger partial charge in [-0.25, -0.2) is 9.97 Å². The molecule has 224 valence electrons. The van der Waals surface area contributed by atoms with Gasteiger partial charge in [-0.15, -0.1) is 0 Å². The summed E-state index contributed by atoms with van der Waals surface area (Å²) in [6.07, 6.45) is 0. The molecule has 0 saturated heterocycles. The molecule has 0 atom stereocenters. The molecule has 0 aliphatic carbocycles. The van der Waals surface area contributed by atoms with E-state index < -0.39 is 0 Å². The van der Waals surface area contributed by atoms with Crippen LogP contribution in [-0.4, -0.2) is 14.5 Å². The van der Waals surface area contributed by atoms with E-state index in [0.29, 0.717) is 11.8 Å². The Balaban J connectivity index is 1.47. The van der Waals surface area contributed by atoms with Crippen molar-refractivity contribution < 1.29 is 4.42 Å². The number of nitrogens with zero attached hydrogens (tertiary/aromatic N) is 3. The predicted octanol–water partition coefficient (Wildman–Crippen LogP) is 11.6. The van der Waals surface area contributed by atoms with E-state index in [4.69, 9.17) is 14.4 Å². The molecule has 8 rings (SSSR count). The molecule has 46 heavy (non-hydrogen) atoms. The van der Waals surface area contributed by atoms with E-state index in [1.165, 1.54) is 16.8 Å². The average Bonchev–Trinajstić information content (AvgIpc) is 3.67. The summed E-state index contributed by atoms with van der Waals surface area (Å²) < 4.78 is 9.28. The molecular formula is C42H35N3O. The van der Waals surface area contributed by atoms with Crippen molar-refractivity contribution in [2.24, 2.45) is 0 Å². The summed E-state index contributed by atoms with van der Waals surface area (Å²) in [4.78, 5) is 10.6. The van der Waals surface area contributed by atoms with Crippen LogP contribution in [0, 0.1) is 0 Å². The van der Waals surface area contributed by atoms with Crippen molar-refractivity contribution in [2.45, 2.75) is 39.5 Å². The van der Waals surface area contributed by atoms with Crippen molar-refractivity contribution in [3.05, 3.63) is 139 Å². The topological polar surface area (TPSA) is 43.9 Å². The minimum absolute atomic E-state index is 0.334. The maximum Gasteiger partial charge on any atom is 0.149 e. The average molecular weight is 598 g/mol. The van der Waals surface area contributed by atoms with Gasteiger partial charge in [0.2, 0.25) is 0 Å². The van der Waals surface area contributed by atoms with Crippen molar-refractivity contribution in [2.75, 3.05) is 0 Å². The molecule has 4 nitrogen and oxygen atoms in total. The first-order valence-corrected chi connectivity index (χ1v) is 16.1. The van der Waals surface area contributed by atoms with Gasteiger partial charge >= 0.3 is 0 Å². The van der Waals surface area contributed by atoms with Crippen LogP contribution in [0.4, 0.5) is 0 Å². The zero-order valence-corrected chi connectivity index (χ0v) is 26.5. The summed E-state index contributed by atoms with van der Waals surface area (Å²) in [7, 11) is 0. The summed E-state index contributed by atoms with van der Waals surface area (Å²) in [5, 5.41) is 2.04. The van der Waals surface area contributed by atoms with Gasteiger partial charge in [-0.05, 0) is 41.2 Å². The lowest BCUT2D eigenvalue weighted by atomic mass is 9.92. The number of rotatable bonds is 6. The molecule has 0 radical (unpaired) electrons. The van der Waals surface area contributed by atoms with Crippen LogP contribution in [0.15, 0.2) is 132 Å². The number of furan rings is 1. The summed E-state index contributed by atoms with van der Waals surface area (Å²) in [6.45, 7) is 9.07. The Morgan fingerprint density at radius 2 is 1.24 bits per heavy atom. The monoisotopic (exact) mass is 597 g/mol. The molecule has 0 fully saturated rings.